The third-order valence-electron chi connectivity index (χ3n) is 3.89. The zero-order chi connectivity index (χ0) is 17.7. The number of carbonyl (C=O) groups is 1. The zero-order valence-electron chi connectivity index (χ0n) is 14.5. The molecule has 1 atom stereocenters. The van der Waals surface area contributed by atoms with Crippen LogP contribution in [-0.4, -0.2) is 44.0 Å². The first-order valence-electron chi connectivity index (χ1n) is 7.72. The van der Waals surface area contributed by atoms with E-state index in [4.69, 9.17) is 16.3 Å². The lowest BCUT2D eigenvalue weighted by molar-refractivity contribution is -0.134. The first kappa shape index (κ1) is 18.3. The second kappa shape index (κ2) is 8.18. The minimum atomic E-state index is -0.370. The zero-order valence-corrected chi connectivity index (χ0v) is 15.2. The molecule has 5 heteroatoms. The van der Waals surface area contributed by atoms with E-state index >= 15 is 0 Å². The van der Waals surface area contributed by atoms with Crippen molar-refractivity contribution in [1.82, 2.24) is 9.80 Å². The number of ether oxygens (including phenoxy) is 1. The van der Waals surface area contributed by atoms with Gasteiger partial charge in [-0.25, -0.2) is 0 Å². The van der Waals surface area contributed by atoms with Crippen LogP contribution in [0.5, 0.6) is 5.75 Å². The van der Waals surface area contributed by atoms with Gasteiger partial charge in [-0.1, -0.05) is 41.9 Å². The minimum Gasteiger partial charge on any atom is -0.496 e. The molecule has 0 bridgehead atoms. The highest BCUT2D eigenvalue weighted by molar-refractivity contribution is 6.30. The van der Waals surface area contributed by atoms with Crippen LogP contribution in [-0.2, 0) is 11.3 Å². The summed E-state index contributed by atoms with van der Waals surface area (Å²) in [4.78, 5) is 16.3. The Kier molecular flexibility index (Phi) is 6.23. The fourth-order valence-corrected chi connectivity index (χ4v) is 2.89. The lowest BCUT2D eigenvalue weighted by Gasteiger charge is -2.30. The maximum atomic E-state index is 12.7. The third-order valence-corrected chi connectivity index (χ3v) is 4.13. The number of likely N-dealkylation sites (N-methyl/N-ethyl adjacent to an activating group) is 2. The van der Waals surface area contributed by atoms with Crippen LogP contribution in [0, 0.1) is 0 Å². The Hall–Kier alpha value is -2.04. The van der Waals surface area contributed by atoms with Crippen molar-refractivity contribution in [1.29, 1.82) is 0 Å². The van der Waals surface area contributed by atoms with E-state index in [2.05, 4.69) is 0 Å². The molecule has 0 unspecified atom stereocenters. The summed E-state index contributed by atoms with van der Waals surface area (Å²) < 4.78 is 5.41. The molecule has 4 nitrogen and oxygen atoms in total. The highest BCUT2D eigenvalue weighted by Gasteiger charge is 2.27. The summed E-state index contributed by atoms with van der Waals surface area (Å²) >= 11 is 6.12. The smallest absolute Gasteiger partial charge is 0.244 e. The second-order valence-electron chi connectivity index (χ2n) is 5.92. The monoisotopic (exact) mass is 346 g/mol. The largest absolute Gasteiger partial charge is 0.496 e. The van der Waals surface area contributed by atoms with Crippen molar-refractivity contribution in [2.24, 2.45) is 0 Å². The summed E-state index contributed by atoms with van der Waals surface area (Å²) in [6.07, 6.45) is 0. The van der Waals surface area contributed by atoms with E-state index in [0.717, 1.165) is 16.9 Å². The van der Waals surface area contributed by atoms with Crippen LogP contribution < -0.4 is 4.74 Å². The Morgan fingerprint density at radius 1 is 1.12 bits per heavy atom. The average Bonchev–Trinajstić information content (AvgIpc) is 2.56. The molecule has 0 N–H and O–H groups in total. The van der Waals surface area contributed by atoms with Crippen molar-refractivity contribution >= 4 is 17.5 Å². The molecule has 0 spiro atoms. The Bertz CT molecular complexity index is 689. The quantitative estimate of drug-likeness (QED) is 0.801. The first-order chi connectivity index (χ1) is 11.4. The number of halogens is 1. The van der Waals surface area contributed by atoms with E-state index in [0.29, 0.717) is 11.6 Å². The third kappa shape index (κ3) is 4.28. The molecule has 0 saturated carbocycles. The molecule has 2 aromatic carbocycles. The summed E-state index contributed by atoms with van der Waals surface area (Å²) in [6.45, 7) is 0.545. The van der Waals surface area contributed by atoms with Gasteiger partial charge in [0.25, 0.3) is 0 Å². The van der Waals surface area contributed by atoms with Crippen molar-refractivity contribution in [2.75, 3.05) is 28.3 Å². The van der Waals surface area contributed by atoms with Crippen LogP contribution in [0.1, 0.15) is 17.2 Å². The molecule has 0 saturated heterocycles. The predicted octanol–water partition coefficient (Wildman–Crippen LogP) is 3.61. The predicted molar refractivity (Wildman–Crippen MR) is 97.3 cm³/mol. The maximum Gasteiger partial charge on any atom is 0.244 e. The molecule has 0 aromatic heterocycles. The first-order valence-corrected chi connectivity index (χ1v) is 8.10. The minimum absolute atomic E-state index is 0.0321. The van der Waals surface area contributed by atoms with Gasteiger partial charge in [0.2, 0.25) is 5.91 Å². The average molecular weight is 347 g/mol. The number of rotatable bonds is 6. The van der Waals surface area contributed by atoms with Gasteiger partial charge in [0.1, 0.15) is 11.8 Å². The lowest BCUT2D eigenvalue weighted by Crippen LogP contribution is -2.37. The Balaban J connectivity index is 2.33. The molecule has 1 amide bonds. The standard InChI is InChI=1S/C19H23ClN2O2/c1-21(2)19(23)18(14-8-6-5-7-9-14)22(3)13-15-12-16(20)10-11-17(15)24-4/h5-12,18H,13H2,1-4H3/t18-/m0/s1. The van der Waals surface area contributed by atoms with Gasteiger partial charge < -0.3 is 9.64 Å². The number of benzene rings is 2. The van der Waals surface area contributed by atoms with Crippen LogP contribution in [0.25, 0.3) is 0 Å². The molecule has 0 radical (unpaired) electrons. The summed E-state index contributed by atoms with van der Waals surface area (Å²) in [5.41, 5.74) is 1.90. The van der Waals surface area contributed by atoms with Crippen molar-refractivity contribution < 1.29 is 9.53 Å². The normalized spacial score (nSPS) is 12.1. The van der Waals surface area contributed by atoms with Gasteiger partial charge in [0.05, 0.1) is 7.11 Å². The van der Waals surface area contributed by atoms with Gasteiger partial charge in [0.15, 0.2) is 0 Å². The van der Waals surface area contributed by atoms with Gasteiger partial charge in [-0.05, 0) is 30.8 Å². The highest BCUT2D eigenvalue weighted by Crippen LogP contribution is 2.28. The Labute approximate surface area is 148 Å². The van der Waals surface area contributed by atoms with Gasteiger partial charge in [0, 0.05) is 31.2 Å². The molecule has 2 rings (SSSR count). The number of hydrogen-bond acceptors (Lipinski definition) is 3. The van der Waals surface area contributed by atoms with Gasteiger partial charge in [-0.3, -0.25) is 9.69 Å². The molecule has 0 aliphatic carbocycles. The lowest BCUT2D eigenvalue weighted by atomic mass is 10.0. The number of nitrogens with zero attached hydrogens (tertiary/aromatic N) is 2. The number of hydrogen-bond donors (Lipinski definition) is 0. The van der Waals surface area contributed by atoms with E-state index in [1.807, 2.05) is 54.4 Å². The van der Waals surface area contributed by atoms with Crippen molar-refractivity contribution in [3.8, 4) is 5.75 Å². The van der Waals surface area contributed by atoms with Crippen LogP contribution in [0.15, 0.2) is 48.5 Å². The number of methoxy groups -OCH3 is 1. The SMILES string of the molecule is COc1ccc(Cl)cc1CN(C)[C@H](C(=O)N(C)C)c1ccccc1. The van der Waals surface area contributed by atoms with Crippen LogP contribution in [0.3, 0.4) is 0 Å². The molecule has 0 fully saturated rings. The van der Waals surface area contributed by atoms with E-state index in [1.165, 1.54) is 0 Å². The van der Waals surface area contributed by atoms with Crippen LogP contribution in [0.2, 0.25) is 5.02 Å². The fraction of sp³-hybridized carbons (Fsp3) is 0.316. The highest BCUT2D eigenvalue weighted by atomic mass is 35.5. The molecular weight excluding hydrogens is 324 g/mol. The summed E-state index contributed by atoms with van der Waals surface area (Å²) in [5.74, 6) is 0.792. The van der Waals surface area contributed by atoms with Crippen LogP contribution >= 0.6 is 11.6 Å². The number of carbonyl (C=O) groups excluding carboxylic acids is 1. The van der Waals surface area contributed by atoms with E-state index in [-0.39, 0.29) is 11.9 Å². The molecule has 128 valence electrons. The van der Waals surface area contributed by atoms with E-state index in [9.17, 15) is 4.79 Å². The molecular formula is C19H23ClN2O2. The van der Waals surface area contributed by atoms with Crippen molar-refractivity contribution in [2.45, 2.75) is 12.6 Å². The summed E-state index contributed by atoms with van der Waals surface area (Å²) in [5, 5.41) is 0.648. The molecule has 0 aliphatic rings. The fourth-order valence-electron chi connectivity index (χ4n) is 2.70. The van der Waals surface area contributed by atoms with E-state index in [1.54, 1.807) is 32.2 Å². The van der Waals surface area contributed by atoms with Crippen molar-refractivity contribution in [3.63, 3.8) is 0 Å². The van der Waals surface area contributed by atoms with Crippen LogP contribution in [0.4, 0.5) is 0 Å². The summed E-state index contributed by atoms with van der Waals surface area (Å²) in [7, 11) is 7.10. The van der Waals surface area contributed by atoms with Gasteiger partial charge in [-0.2, -0.15) is 0 Å². The molecule has 0 heterocycles. The Morgan fingerprint density at radius 3 is 2.38 bits per heavy atom. The number of amides is 1. The van der Waals surface area contributed by atoms with Gasteiger partial charge >= 0.3 is 0 Å². The maximum absolute atomic E-state index is 12.7. The van der Waals surface area contributed by atoms with Crippen molar-refractivity contribution in [3.05, 3.63) is 64.7 Å². The topological polar surface area (TPSA) is 32.8 Å². The summed E-state index contributed by atoms with van der Waals surface area (Å²) in [6, 6.07) is 14.9. The molecule has 2 aromatic rings. The van der Waals surface area contributed by atoms with E-state index < -0.39 is 0 Å². The second-order valence-corrected chi connectivity index (χ2v) is 6.35. The molecule has 24 heavy (non-hydrogen) atoms. The molecule has 0 aliphatic heterocycles. The van der Waals surface area contributed by atoms with Gasteiger partial charge in [-0.15, -0.1) is 0 Å². The Morgan fingerprint density at radius 2 is 1.79 bits per heavy atom.